The minimum atomic E-state index is 0.629. The third-order valence-electron chi connectivity index (χ3n) is 10.0. The molecule has 0 unspecified atom stereocenters. The summed E-state index contributed by atoms with van der Waals surface area (Å²) in [6.07, 6.45) is 16.0. The van der Waals surface area contributed by atoms with E-state index in [2.05, 4.69) is 63.7 Å². The number of aromatic nitrogens is 5. The topological polar surface area (TPSA) is 63.8 Å². The second-order valence-corrected chi connectivity index (χ2v) is 12.7. The Kier molecular flexibility index (Phi) is 6.84. The second-order valence-electron chi connectivity index (χ2n) is 12.7. The van der Waals surface area contributed by atoms with Crippen LogP contribution in [0.1, 0.15) is 81.2 Å². The first-order chi connectivity index (χ1) is 20.0. The van der Waals surface area contributed by atoms with Gasteiger partial charge in [-0.05, 0) is 87.6 Å². The Morgan fingerprint density at radius 2 is 1.68 bits per heavy atom. The average Bonchev–Trinajstić information content (AvgIpc) is 3.67. The second kappa shape index (κ2) is 10.7. The van der Waals surface area contributed by atoms with Gasteiger partial charge in [0.1, 0.15) is 0 Å². The summed E-state index contributed by atoms with van der Waals surface area (Å²) in [6, 6.07) is 11.1. The molecule has 0 radical (unpaired) electrons. The maximum Gasteiger partial charge on any atom is 0.208 e. The number of rotatable bonds is 1. The third kappa shape index (κ3) is 5.04. The number of benzene rings is 1. The molecule has 4 aromatic rings. The zero-order valence-corrected chi connectivity index (χ0v) is 24.8. The van der Waals surface area contributed by atoms with Crippen molar-refractivity contribution in [1.29, 1.82) is 0 Å². The fourth-order valence-electron chi connectivity index (χ4n) is 7.57. The Labute approximate surface area is 243 Å². The normalized spacial score (nSPS) is 19.5. The van der Waals surface area contributed by atoms with Gasteiger partial charge in [0.25, 0.3) is 0 Å². The standard InChI is InChI=1S/C34H43N7/c1-24-20-26-21-30(36-24)28-23-35-39(3)31(28)10-6-4-5-9-17-41-32-22-27(11-12-29(32)38-33(41)37-25(26)2)40-18-15-34(16-19-40)13-7-8-14-34/h11-12,20-23H,2,4-10,13-19H2,1,3H3,(H,37,38). The number of nitrogens with one attached hydrogen (secondary N) is 1. The molecule has 2 aliphatic heterocycles. The SMILES string of the molecule is C=C1Nc2nc3ccc(N4CCC5(CCCC5)CC4)cc3n2CCCCCCc2c(cnn2C)-c2cc1cc(C)n2. The molecule has 2 bridgehead atoms. The van der Waals surface area contributed by atoms with Gasteiger partial charge in [-0.2, -0.15) is 5.10 Å². The Morgan fingerprint density at radius 1 is 0.878 bits per heavy atom. The Bertz CT molecular complexity index is 1580. The molecule has 2 fully saturated rings. The van der Waals surface area contributed by atoms with E-state index in [4.69, 9.17) is 9.97 Å². The zero-order valence-electron chi connectivity index (χ0n) is 24.8. The maximum atomic E-state index is 5.08. The van der Waals surface area contributed by atoms with Crippen molar-refractivity contribution in [1.82, 2.24) is 24.3 Å². The van der Waals surface area contributed by atoms with Gasteiger partial charge in [0.15, 0.2) is 0 Å². The zero-order chi connectivity index (χ0) is 28.0. The van der Waals surface area contributed by atoms with Crippen LogP contribution in [0.3, 0.4) is 0 Å². The molecule has 3 aliphatic rings. The van der Waals surface area contributed by atoms with Gasteiger partial charge in [-0.3, -0.25) is 9.67 Å². The van der Waals surface area contributed by atoms with Crippen molar-refractivity contribution in [3.8, 4) is 11.3 Å². The molecule has 7 nitrogen and oxygen atoms in total. The van der Waals surface area contributed by atoms with Crippen LogP contribution in [0.15, 0.2) is 43.1 Å². The number of fused-ring (bicyclic) bond motifs is 7. The molecule has 0 atom stereocenters. The summed E-state index contributed by atoms with van der Waals surface area (Å²) >= 11 is 0. The number of nitrogens with zero attached hydrogens (tertiary/aromatic N) is 6. The number of hydrogen-bond donors (Lipinski definition) is 1. The number of aryl methyl sites for hydroxylation is 3. The summed E-state index contributed by atoms with van der Waals surface area (Å²) in [6.45, 7) is 9.78. The highest BCUT2D eigenvalue weighted by molar-refractivity contribution is 5.85. The summed E-state index contributed by atoms with van der Waals surface area (Å²) in [5, 5.41) is 8.19. The van der Waals surface area contributed by atoms with Gasteiger partial charge in [0.2, 0.25) is 5.95 Å². The first kappa shape index (κ1) is 26.3. The molecule has 1 aliphatic carbocycles. The van der Waals surface area contributed by atoms with E-state index >= 15 is 0 Å². The predicted molar refractivity (Wildman–Crippen MR) is 168 cm³/mol. The van der Waals surface area contributed by atoms with Crippen molar-refractivity contribution in [2.75, 3.05) is 23.3 Å². The Morgan fingerprint density at radius 3 is 2.51 bits per heavy atom. The van der Waals surface area contributed by atoms with Crippen molar-refractivity contribution in [3.05, 3.63) is 60.1 Å². The fraction of sp³-hybridized carbons (Fsp3) is 0.500. The molecular formula is C34H43N7. The van der Waals surface area contributed by atoms with Crippen LogP contribution in [-0.2, 0) is 20.0 Å². The first-order valence-corrected chi connectivity index (χ1v) is 15.7. The van der Waals surface area contributed by atoms with Crippen LogP contribution in [0.5, 0.6) is 0 Å². The van der Waals surface area contributed by atoms with Gasteiger partial charge in [-0.25, -0.2) is 4.98 Å². The Balaban J connectivity index is 1.21. The van der Waals surface area contributed by atoms with E-state index in [0.717, 1.165) is 65.5 Å². The lowest BCUT2D eigenvalue weighted by Gasteiger charge is -2.40. The summed E-state index contributed by atoms with van der Waals surface area (Å²) in [5.74, 6) is 0.874. The highest BCUT2D eigenvalue weighted by Gasteiger charge is 2.37. The van der Waals surface area contributed by atoms with Crippen LogP contribution in [0.25, 0.3) is 28.0 Å². The molecule has 3 aromatic heterocycles. The number of pyridine rings is 1. The molecule has 1 spiro atoms. The summed E-state index contributed by atoms with van der Waals surface area (Å²) in [7, 11) is 2.04. The van der Waals surface area contributed by atoms with Gasteiger partial charge < -0.3 is 14.8 Å². The minimum Gasteiger partial charge on any atom is -0.371 e. The van der Waals surface area contributed by atoms with Gasteiger partial charge >= 0.3 is 0 Å². The highest BCUT2D eigenvalue weighted by Crippen LogP contribution is 2.46. The number of anilines is 2. The van der Waals surface area contributed by atoms with Gasteiger partial charge in [-0.1, -0.05) is 32.3 Å². The van der Waals surface area contributed by atoms with E-state index < -0.39 is 0 Å². The van der Waals surface area contributed by atoms with E-state index in [1.807, 2.05) is 17.9 Å². The molecule has 1 saturated carbocycles. The van der Waals surface area contributed by atoms with E-state index in [1.165, 1.54) is 81.4 Å². The van der Waals surface area contributed by atoms with Gasteiger partial charge in [-0.15, -0.1) is 0 Å². The summed E-state index contributed by atoms with van der Waals surface area (Å²) < 4.78 is 4.40. The van der Waals surface area contributed by atoms with Gasteiger partial charge in [0.05, 0.1) is 22.9 Å². The molecule has 7 rings (SSSR count). The largest absolute Gasteiger partial charge is 0.371 e. The molecule has 7 heteroatoms. The van der Waals surface area contributed by atoms with Crippen molar-refractivity contribution in [2.24, 2.45) is 12.5 Å². The van der Waals surface area contributed by atoms with Gasteiger partial charge in [0, 0.05) is 60.6 Å². The van der Waals surface area contributed by atoms with E-state index in [1.54, 1.807) is 0 Å². The first-order valence-electron chi connectivity index (χ1n) is 15.7. The molecule has 1 saturated heterocycles. The number of piperidine rings is 1. The lowest BCUT2D eigenvalue weighted by molar-refractivity contribution is 0.226. The van der Waals surface area contributed by atoms with Crippen LogP contribution < -0.4 is 10.2 Å². The number of imidazole rings is 1. The lowest BCUT2D eigenvalue weighted by Crippen LogP contribution is -2.38. The van der Waals surface area contributed by atoms with Crippen LogP contribution >= 0.6 is 0 Å². The summed E-state index contributed by atoms with van der Waals surface area (Å²) in [5.41, 5.74) is 10.4. The van der Waals surface area contributed by atoms with Crippen molar-refractivity contribution in [2.45, 2.75) is 84.1 Å². The average molecular weight is 550 g/mol. The third-order valence-corrected chi connectivity index (χ3v) is 10.0. The molecule has 0 amide bonds. The molecule has 5 heterocycles. The molecular weight excluding hydrogens is 506 g/mol. The van der Waals surface area contributed by atoms with E-state index in [-0.39, 0.29) is 0 Å². The number of hydrogen-bond acceptors (Lipinski definition) is 5. The quantitative estimate of drug-likeness (QED) is 0.266. The summed E-state index contributed by atoms with van der Waals surface area (Å²) in [4.78, 5) is 12.6. The monoisotopic (exact) mass is 549 g/mol. The van der Waals surface area contributed by atoms with E-state index in [9.17, 15) is 0 Å². The Hall–Kier alpha value is -3.61. The van der Waals surface area contributed by atoms with Crippen molar-refractivity contribution < 1.29 is 0 Å². The van der Waals surface area contributed by atoms with Crippen LogP contribution in [0, 0.1) is 12.3 Å². The van der Waals surface area contributed by atoms with Crippen molar-refractivity contribution in [3.63, 3.8) is 0 Å². The van der Waals surface area contributed by atoms with E-state index in [0.29, 0.717) is 5.41 Å². The van der Waals surface area contributed by atoms with Crippen LogP contribution in [0.4, 0.5) is 11.6 Å². The van der Waals surface area contributed by atoms with Crippen molar-refractivity contribution >= 4 is 28.4 Å². The van der Waals surface area contributed by atoms with Crippen LogP contribution in [0.2, 0.25) is 0 Å². The predicted octanol–water partition coefficient (Wildman–Crippen LogP) is 7.50. The smallest absolute Gasteiger partial charge is 0.208 e. The fourth-order valence-corrected chi connectivity index (χ4v) is 7.57. The molecule has 1 N–H and O–H groups in total. The molecule has 1 aromatic carbocycles. The lowest BCUT2D eigenvalue weighted by atomic mass is 9.77. The molecule has 214 valence electrons. The maximum absolute atomic E-state index is 5.08. The highest BCUT2D eigenvalue weighted by atomic mass is 15.3. The molecule has 41 heavy (non-hydrogen) atoms. The minimum absolute atomic E-state index is 0.629. The van der Waals surface area contributed by atoms with Crippen LogP contribution in [-0.4, -0.2) is 37.4 Å².